The lowest BCUT2D eigenvalue weighted by Crippen LogP contribution is -2.27. The number of anilines is 1. The zero-order chi connectivity index (χ0) is 14.6. The Morgan fingerprint density at radius 1 is 1.25 bits per heavy atom. The number of carboxylic acids is 1. The van der Waals surface area contributed by atoms with E-state index in [4.69, 9.17) is 5.11 Å². The Bertz CT molecular complexity index is 594. The summed E-state index contributed by atoms with van der Waals surface area (Å²) in [5, 5.41) is 12.2. The Kier molecular flexibility index (Phi) is 4.03. The molecule has 0 saturated carbocycles. The maximum absolute atomic E-state index is 10.9. The highest BCUT2D eigenvalue weighted by Gasteiger charge is 2.20. The SMILES string of the molecule is CC(C)(CNc1cncc(C(=O)O)c1)c1ccccc1. The van der Waals surface area contributed by atoms with Gasteiger partial charge in [-0.05, 0) is 11.6 Å². The number of nitrogens with one attached hydrogen (secondary N) is 1. The molecule has 4 nitrogen and oxygen atoms in total. The van der Waals surface area contributed by atoms with E-state index in [1.54, 1.807) is 12.3 Å². The molecular formula is C16H18N2O2. The number of nitrogens with zero attached hydrogens (tertiary/aromatic N) is 1. The van der Waals surface area contributed by atoms with Gasteiger partial charge in [0.25, 0.3) is 0 Å². The first-order valence-corrected chi connectivity index (χ1v) is 6.47. The molecule has 0 aliphatic heterocycles. The third-order valence-electron chi connectivity index (χ3n) is 3.27. The molecule has 104 valence electrons. The number of carboxylic acid groups (broad SMARTS) is 1. The van der Waals surface area contributed by atoms with Crippen molar-refractivity contribution >= 4 is 11.7 Å². The molecule has 2 rings (SSSR count). The van der Waals surface area contributed by atoms with Crippen molar-refractivity contribution in [3.8, 4) is 0 Å². The fourth-order valence-corrected chi connectivity index (χ4v) is 1.97. The van der Waals surface area contributed by atoms with Crippen LogP contribution in [0.1, 0.15) is 29.8 Å². The monoisotopic (exact) mass is 270 g/mol. The Hall–Kier alpha value is -2.36. The zero-order valence-corrected chi connectivity index (χ0v) is 11.6. The lowest BCUT2D eigenvalue weighted by molar-refractivity contribution is 0.0696. The van der Waals surface area contributed by atoms with Crippen molar-refractivity contribution in [3.05, 3.63) is 59.9 Å². The molecule has 0 amide bonds. The number of pyridine rings is 1. The minimum atomic E-state index is -0.969. The summed E-state index contributed by atoms with van der Waals surface area (Å²) in [6.45, 7) is 4.98. The van der Waals surface area contributed by atoms with Crippen LogP contribution >= 0.6 is 0 Å². The van der Waals surface area contributed by atoms with Crippen LogP contribution in [0.25, 0.3) is 0 Å². The molecule has 0 spiro atoms. The maximum atomic E-state index is 10.9. The van der Waals surface area contributed by atoms with E-state index in [1.807, 2.05) is 18.2 Å². The van der Waals surface area contributed by atoms with Crippen LogP contribution in [-0.4, -0.2) is 22.6 Å². The molecule has 0 aliphatic rings. The number of rotatable bonds is 5. The van der Waals surface area contributed by atoms with Crippen molar-refractivity contribution in [1.29, 1.82) is 0 Å². The second-order valence-corrected chi connectivity index (χ2v) is 5.37. The number of aromatic nitrogens is 1. The van der Waals surface area contributed by atoms with Crippen molar-refractivity contribution in [2.75, 3.05) is 11.9 Å². The van der Waals surface area contributed by atoms with Gasteiger partial charge in [0, 0.05) is 24.4 Å². The number of aromatic carboxylic acids is 1. The molecule has 0 fully saturated rings. The molecule has 0 bridgehead atoms. The van der Waals surface area contributed by atoms with E-state index < -0.39 is 5.97 Å². The van der Waals surface area contributed by atoms with E-state index in [0.29, 0.717) is 12.2 Å². The summed E-state index contributed by atoms with van der Waals surface area (Å²) >= 11 is 0. The van der Waals surface area contributed by atoms with E-state index in [1.165, 1.54) is 11.8 Å². The largest absolute Gasteiger partial charge is 0.478 e. The van der Waals surface area contributed by atoms with Gasteiger partial charge in [0.2, 0.25) is 0 Å². The van der Waals surface area contributed by atoms with Crippen LogP contribution in [0.15, 0.2) is 48.8 Å². The van der Waals surface area contributed by atoms with Gasteiger partial charge in [-0.1, -0.05) is 44.2 Å². The summed E-state index contributed by atoms with van der Waals surface area (Å²) in [5.74, 6) is -0.969. The first-order valence-electron chi connectivity index (χ1n) is 6.47. The van der Waals surface area contributed by atoms with Crippen molar-refractivity contribution in [2.24, 2.45) is 0 Å². The minimum Gasteiger partial charge on any atom is -0.478 e. The molecule has 1 heterocycles. The molecule has 4 heteroatoms. The predicted octanol–water partition coefficient (Wildman–Crippen LogP) is 3.17. The van der Waals surface area contributed by atoms with Crippen LogP contribution in [0.4, 0.5) is 5.69 Å². The van der Waals surface area contributed by atoms with Gasteiger partial charge in [0.1, 0.15) is 0 Å². The Morgan fingerprint density at radius 2 is 1.95 bits per heavy atom. The molecule has 0 atom stereocenters. The average molecular weight is 270 g/mol. The zero-order valence-electron chi connectivity index (χ0n) is 11.6. The summed E-state index contributed by atoms with van der Waals surface area (Å²) in [4.78, 5) is 14.8. The van der Waals surface area contributed by atoms with E-state index in [9.17, 15) is 4.79 Å². The molecule has 2 N–H and O–H groups in total. The van der Waals surface area contributed by atoms with Gasteiger partial charge in [-0.3, -0.25) is 4.98 Å². The third kappa shape index (κ3) is 3.35. The van der Waals surface area contributed by atoms with Crippen molar-refractivity contribution in [2.45, 2.75) is 19.3 Å². The molecule has 0 unspecified atom stereocenters. The van der Waals surface area contributed by atoms with E-state index in [2.05, 4.69) is 36.3 Å². The summed E-state index contributed by atoms with van der Waals surface area (Å²) in [6, 6.07) is 11.8. The molecule has 1 aromatic heterocycles. The second-order valence-electron chi connectivity index (χ2n) is 5.37. The van der Waals surface area contributed by atoms with E-state index in [0.717, 1.165) is 0 Å². The lowest BCUT2D eigenvalue weighted by atomic mass is 9.84. The molecule has 0 radical (unpaired) electrons. The van der Waals surface area contributed by atoms with Crippen LogP contribution < -0.4 is 5.32 Å². The van der Waals surface area contributed by atoms with Crippen LogP contribution in [0.3, 0.4) is 0 Å². The molecular weight excluding hydrogens is 252 g/mol. The summed E-state index contributed by atoms with van der Waals surface area (Å²) in [7, 11) is 0. The van der Waals surface area contributed by atoms with Gasteiger partial charge in [0.05, 0.1) is 11.3 Å². The van der Waals surface area contributed by atoms with Crippen molar-refractivity contribution in [1.82, 2.24) is 4.98 Å². The Labute approximate surface area is 118 Å². The number of carbonyl (C=O) groups is 1. The molecule has 0 aliphatic carbocycles. The lowest BCUT2D eigenvalue weighted by Gasteiger charge is -2.26. The first-order chi connectivity index (χ1) is 9.49. The summed E-state index contributed by atoms with van der Waals surface area (Å²) in [5.41, 5.74) is 2.08. The normalized spacial score (nSPS) is 11.1. The van der Waals surface area contributed by atoms with Crippen molar-refractivity contribution in [3.63, 3.8) is 0 Å². The average Bonchev–Trinajstić information content (AvgIpc) is 2.46. The predicted molar refractivity (Wildman–Crippen MR) is 79.2 cm³/mol. The highest BCUT2D eigenvalue weighted by Crippen LogP contribution is 2.23. The highest BCUT2D eigenvalue weighted by molar-refractivity contribution is 5.88. The summed E-state index contributed by atoms with van der Waals surface area (Å²) < 4.78 is 0. The van der Waals surface area contributed by atoms with E-state index >= 15 is 0 Å². The van der Waals surface area contributed by atoms with Gasteiger partial charge in [0.15, 0.2) is 0 Å². The van der Waals surface area contributed by atoms with Crippen molar-refractivity contribution < 1.29 is 9.90 Å². The van der Waals surface area contributed by atoms with Gasteiger partial charge in [-0.25, -0.2) is 4.79 Å². The van der Waals surface area contributed by atoms with Gasteiger partial charge in [-0.2, -0.15) is 0 Å². The smallest absolute Gasteiger partial charge is 0.337 e. The third-order valence-corrected chi connectivity index (χ3v) is 3.27. The fraction of sp³-hybridized carbons (Fsp3) is 0.250. The Morgan fingerprint density at radius 3 is 2.60 bits per heavy atom. The maximum Gasteiger partial charge on any atom is 0.337 e. The quantitative estimate of drug-likeness (QED) is 0.876. The van der Waals surface area contributed by atoms with Gasteiger partial charge >= 0.3 is 5.97 Å². The minimum absolute atomic E-state index is 0.0551. The number of hydrogen-bond donors (Lipinski definition) is 2. The number of hydrogen-bond acceptors (Lipinski definition) is 3. The standard InChI is InChI=1S/C16H18N2O2/c1-16(2,13-6-4-3-5-7-13)11-18-14-8-12(15(19)20)9-17-10-14/h3-10,18H,11H2,1-2H3,(H,19,20). The number of benzene rings is 1. The van der Waals surface area contributed by atoms with Crippen LogP contribution in [0.5, 0.6) is 0 Å². The summed E-state index contributed by atoms with van der Waals surface area (Å²) in [6.07, 6.45) is 2.98. The molecule has 20 heavy (non-hydrogen) atoms. The van der Waals surface area contributed by atoms with Crippen LogP contribution in [0, 0.1) is 0 Å². The molecule has 1 aromatic carbocycles. The van der Waals surface area contributed by atoms with Crippen LogP contribution in [-0.2, 0) is 5.41 Å². The molecule has 0 saturated heterocycles. The first kappa shape index (κ1) is 14.1. The Balaban J connectivity index is 2.08. The van der Waals surface area contributed by atoms with Gasteiger partial charge in [-0.15, -0.1) is 0 Å². The highest BCUT2D eigenvalue weighted by atomic mass is 16.4. The van der Waals surface area contributed by atoms with Crippen LogP contribution in [0.2, 0.25) is 0 Å². The molecule has 2 aromatic rings. The van der Waals surface area contributed by atoms with E-state index in [-0.39, 0.29) is 11.0 Å². The van der Waals surface area contributed by atoms with Gasteiger partial charge < -0.3 is 10.4 Å². The second kappa shape index (κ2) is 5.74. The topological polar surface area (TPSA) is 62.2 Å². The fourth-order valence-electron chi connectivity index (χ4n) is 1.97.